The Kier molecular flexibility index (Phi) is 6.82. The van der Waals surface area contributed by atoms with Gasteiger partial charge in [-0.1, -0.05) is 36.6 Å². The molecule has 2 aromatic rings. The van der Waals surface area contributed by atoms with Crippen LogP contribution in [0.3, 0.4) is 0 Å². The Bertz CT molecular complexity index is 982. The molecule has 1 atom stereocenters. The summed E-state index contributed by atoms with van der Waals surface area (Å²) in [4.78, 5) is 16.3. The molecule has 4 rings (SSSR count). The molecule has 2 heterocycles. The Labute approximate surface area is 187 Å². The molecule has 0 bridgehead atoms. The molecule has 1 aromatic carbocycles. The highest BCUT2D eigenvalue weighted by Gasteiger charge is 2.31. The van der Waals surface area contributed by atoms with E-state index in [0.29, 0.717) is 24.4 Å². The summed E-state index contributed by atoms with van der Waals surface area (Å²) in [5.41, 5.74) is 2.40. The molecule has 8 heteroatoms. The van der Waals surface area contributed by atoms with Crippen molar-refractivity contribution in [2.24, 2.45) is 0 Å². The van der Waals surface area contributed by atoms with E-state index in [2.05, 4.69) is 21.7 Å². The number of fused-ring (bicyclic) bond motifs is 1. The van der Waals surface area contributed by atoms with Crippen molar-refractivity contribution in [1.29, 1.82) is 0 Å². The fourth-order valence-corrected chi connectivity index (χ4v) is 7.26. The highest BCUT2D eigenvalue weighted by molar-refractivity contribution is 7.92. The van der Waals surface area contributed by atoms with Gasteiger partial charge in [0.2, 0.25) is 5.91 Å². The number of amides is 1. The van der Waals surface area contributed by atoms with Crippen LogP contribution in [0.25, 0.3) is 0 Å². The van der Waals surface area contributed by atoms with Crippen molar-refractivity contribution >= 4 is 38.7 Å². The molecule has 0 saturated heterocycles. The summed E-state index contributed by atoms with van der Waals surface area (Å²) in [5, 5.41) is 5.34. The van der Waals surface area contributed by atoms with Gasteiger partial charge in [-0.3, -0.25) is 9.69 Å². The number of nitrogens with zero attached hydrogens (tertiary/aromatic N) is 1. The van der Waals surface area contributed by atoms with Gasteiger partial charge in [0.05, 0.1) is 11.3 Å². The van der Waals surface area contributed by atoms with E-state index in [9.17, 15) is 13.2 Å². The van der Waals surface area contributed by atoms with Crippen molar-refractivity contribution in [3.63, 3.8) is 0 Å². The number of carbonyl (C=O) groups excluding carboxylic acids is 1. The van der Waals surface area contributed by atoms with Crippen LogP contribution in [0.1, 0.15) is 47.7 Å². The third-order valence-corrected chi connectivity index (χ3v) is 9.59. The standard InChI is InChI=1S/C22H27ClN2O3S2/c23-18-7-5-16(6-8-18)20(25-11-9-21-17(14-25)10-12-29-21)13-24-22(26)15-30(27,28)19-3-1-2-4-19/h5-8,10,12,19-20H,1-4,9,11,13-15H2,(H,24,26). The summed E-state index contributed by atoms with van der Waals surface area (Å²) in [6.07, 6.45) is 4.22. The van der Waals surface area contributed by atoms with E-state index in [1.54, 1.807) is 11.3 Å². The molecule has 1 aliphatic heterocycles. The summed E-state index contributed by atoms with van der Waals surface area (Å²) in [7, 11) is -3.38. The maximum absolute atomic E-state index is 12.5. The van der Waals surface area contributed by atoms with Gasteiger partial charge in [0.1, 0.15) is 5.75 Å². The number of thiophene rings is 1. The molecule has 30 heavy (non-hydrogen) atoms. The maximum Gasteiger partial charge on any atom is 0.235 e. The fourth-order valence-electron chi connectivity index (χ4n) is 4.49. The van der Waals surface area contributed by atoms with Gasteiger partial charge in [-0.2, -0.15) is 0 Å². The second-order valence-corrected chi connectivity index (χ2v) is 11.9. The molecule has 162 valence electrons. The highest BCUT2D eigenvalue weighted by atomic mass is 35.5. The minimum Gasteiger partial charge on any atom is -0.353 e. The number of hydrogen-bond acceptors (Lipinski definition) is 5. The lowest BCUT2D eigenvalue weighted by Crippen LogP contribution is -2.42. The average Bonchev–Trinajstić information content (AvgIpc) is 3.41. The van der Waals surface area contributed by atoms with Gasteiger partial charge in [-0.25, -0.2) is 8.42 Å². The van der Waals surface area contributed by atoms with E-state index in [4.69, 9.17) is 11.6 Å². The normalized spacial score (nSPS) is 18.8. The van der Waals surface area contributed by atoms with E-state index >= 15 is 0 Å². The van der Waals surface area contributed by atoms with Crippen LogP contribution >= 0.6 is 22.9 Å². The predicted molar refractivity (Wildman–Crippen MR) is 122 cm³/mol. The van der Waals surface area contributed by atoms with Crippen LogP contribution in [0.4, 0.5) is 0 Å². The molecule has 0 spiro atoms. The zero-order valence-corrected chi connectivity index (χ0v) is 19.2. The van der Waals surface area contributed by atoms with E-state index in [-0.39, 0.29) is 11.3 Å². The summed E-state index contributed by atoms with van der Waals surface area (Å²) in [6, 6.07) is 9.81. The van der Waals surface area contributed by atoms with E-state index in [0.717, 1.165) is 37.9 Å². The largest absolute Gasteiger partial charge is 0.353 e. The number of benzene rings is 1. The summed E-state index contributed by atoms with van der Waals surface area (Å²) < 4.78 is 25.0. The van der Waals surface area contributed by atoms with Gasteiger partial charge < -0.3 is 5.32 Å². The summed E-state index contributed by atoms with van der Waals surface area (Å²) in [6.45, 7) is 2.10. The van der Waals surface area contributed by atoms with E-state index in [1.807, 2.05) is 24.3 Å². The molecule has 1 unspecified atom stereocenters. The smallest absolute Gasteiger partial charge is 0.235 e. The van der Waals surface area contributed by atoms with Crippen LogP contribution in [-0.2, 0) is 27.6 Å². The van der Waals surface area contributed by atoms with Crippen molar-refractivity contribution < 1.29 is 13.2 Å². The van der Waals surface area contributed by atoms with Gasteiger partial charge in [-0.05, 0) is 54.0 Å². The zero-order chi connectivity index (χ0) is 21.1. The Morgan fingerprint density at radius 3 is 2.67 bits per heavy atom. The van der Waals surface area contributed by atoms with Crippen LogP contribution in [0.15, 0.2) is 35.7 Å². The first-order valence-corrected chi connectivity index (χ1v) is 13.4. The van der Waals surface area contributed by atoms with E-state index in [1.165, 1.54) is 10.4 Å². The lowest BCUT2D eigenvalue weighted by molar-refractivity contribution is -0.118. The van der Waals surface area contributed by atoms with E-state index < -0.39 is 21.5 Å². The highest BCUT2D eigenvalue weighted by Crippen LogP contribution is 2.31. The lowest BCUT2D eigenvalue weighted by atomic mass is 10.0. The third kappa shape index (κ3) is 5.07. The van der Waals surface area contributed by atoms with Gasteiger partial charge in [0.15, 0.2) is 9.84 Å². The molecule has 1 fully saturated rings. The Balaban J connectivity index is 1.45. The summed E-state index contributed by atoms with van der Waals surface area (Å²) >= 11 is 7.86. The molecule has 1 aliphatic carbocycles. The minimum atomic E-state index is -3.38. The van der Waals surface area contributed by atoms with Crippen LogP contribution in [-0.4, -0.2) is 43.3 Å². The van der Waals surface area contributed by atoms with Crippen LogP contribution < -0.4 is 5.32 Å². The Hall–Kier alpha value is -1.41. The molecule has 1 aromatic heterocycles. The number of sulfone groups is 1. The molecule has 1 saturated carbocycles. The van der Waals surface area contributed by atoms with Crippen molar-refractivity contribution in [3.8, 4) is 0 Å². The topological polar surface area (TPSA) is 66.5 Å². The number of carbonyl (C=O) groups is 1. The number of rotatable bonds is 7. The molecule has 1 N–H and O–H groups in total. The van der Waals surface area contributed by atoms with Crippen molar-refractivity contribution in [3.05, 3.63) is 56.7 Å². The first-order chi connectivity index (χ1) is 14.4. The average molecular weight is 467 g/mol. The van der Waals surface area contributed by atoms with Crippen LogP contribution in [0.5, 0.6) is 0 Å². The third-order valence-electron chi connectivity index (χ3n) is 6.17. The summed E-state index contributed by atoms with van der Waals surface area (Å²) in [5.74, 6) is -0.825. The van der Waals surface area contributed by atoms with Crippen molar-refractivity contribution in [2.45, 2.75) is 49.9 Å². The Morgan fingerprint density at radius 2 is 1.93 bits per heavy atom. The van der Waals surface area contributed by atoms with Crippen molar-refractivity contribution in [2.75, 3.05) is 18.8 Å². The van der Waals surface area contributed by atoms with Gasteiger partial charge in [0, 0.05) is 29.5 Å². The predicted octanol–water partition coefficient (Wildman–Crippen LogP) is 3.97. The number of hydrogen-bond donors (Lipinski definition) is 1. The maximum atomic E-state index is 12.5. The molecule has 2 aliphatic rings. The molecule has 5 nitrogen and oxygen atoms in total. The molecule has 0 radical (unpaired) electrons. The SMILES string of the molecule is O=C(CS(=O)(=O)C1CCCC1)NCC(c1ccc(Cl)cc1)N1CCc2sccc2C1. The second-order valence-electron chi connectivity index (χ2n) is 8.17. The second kappa shape index (κ2) is 9.39. The van der Waals surface area contributed by atoms with Crippen LogP contribution in [0, 0.1) is 0 Å². The Morgan fingerprint density at radius 1 is 1.20 bits per heavy atom. The first-order valence-electron chi connectivity index (χ1n) is 10.5. The molecular formula is C22H27ClN2O3S2. The first kappa shape index (κ1) is 21.8. The van der Waals surface area contributed by atoms with Gasteiger partial charge in [0.25, 0.3) is 0 Å². The molecule has 1 amide bonds. The lowest BCUT2D eigenvalue weighted by Gasteiger charge is -2.35. The molecular weight excluding hydrogens is 440 g/mol. The van der Waals surface area contributed by atoms with Gasteiger partial charge in [-0.15, -0.1) is 11.3 Å². The van der Waals surface area contributed by atoms with Crippen molar-refractivity contribution in [1.82, 2.24) is 10.2 Å². The quantitative estimate of drug-likeness (QED) is 0.670. The zero-order valence-electron chi connectivity index (χ0n) is 16.8. The van der Waals surface area contributed by atoms with Crippen LogP contribution in [0.2, 0.25) is 5.02 Å². The van der Waals surface area contributed by atoms with Gasteiger partial charge >= 0.3 is 0 Å². The number of nitrogens with one attached hydrogen (secondary N) is 1. The number of halogens is 1. The monoisotopic (exact) mass is 466 g/mol. The minimum absolute atomic E-state index is 0.0338. The fraction of sp³-hybridized carbons (Fsp3) is 0.500.